The molecule has 1 heterocycles. The van der Waals surface area contributed by atoms with Crippen molar-refractivity contribution in [1.82, 2.24) is 9.97 Å². The number of nitrogens with zero attached hydrogens (tertiary/aromatic N) is 2. The topological polar surface area (TPSA) is 25.8 Å². The van der Waals surface area contributed by atoms with E-state index < -0.39 is 11.9 Å². The second kappa shape index (κ2) is 3.64. The van der Waals surface area contributed by atoms with E-state index in [1.807, 2.05) is 0 Å². The number of hydrogen-bond acceptors (Lipinski definition) is 2. The third-order valence-corrected chi connectivity index (χ3v) is 3.29. The van der Waals surface area contributed by atoms with Crippen molar-refractivity contribution < 1.29 is 8.78 Å². The quantitative estimate of drug-likeness (QED) is 0.547. The molecular formula is C9H4BrClF2N2. The Morgan fingerprint density at radius 3 is 2.67 bits per heavy atom. The molecule has 15 heavy (non-hydrogen) atoms. The number of hydrogen-bond donors (Lipinski definition) is 0. The molecule has 6 heteroatoms. The maximum absolute atomic E-state index is 13.6. The Morgan fingerprint density at radius 1 is 1.33 bits per heavy atom. The summed E-state index contributed by atoms with van der Waals surface area (Å²) >= 11 is 8.73. The van der Waals surface area contributed by atoms with Gasteiger partial charge in [0.15, 0.2) is 5.82 Å². The SMILES string of the molecule is Cc1nc(F)nc2c(F)c(Br)c(Cl)cc12. The summed E-state index contributed by atoms with van der Waals surface area (Å²) in [6.45, 7) is 1.57. The van der Waals surface area contributed by atoms with Crippen LogP contribution >= 0.6 is 27.5 Å². The first-order valence-electron chi connectivity index (χ1n) is 3.98. The van der Waals surface area contributed by atoms with E-state index in [4.69, 9.17) is 11.6 Å². The van der Waals surface area contributed by atoms with Crippen molar-refractivity contribution in [1.29, 1.82) is 0 Å². The van der Waals surface area contributed by atoms with E-state index in [0.29, 0.717) is 11.1 Å². The summed E-state index contributed by atoms with van der Waals surface area (Å²) in [7, 11) is 0. The molecule has 2 rings (SSSR count). The molecule has 0 aliphatic heterocycles. The van der Waals surface area contributed by atoms with Gasteiger partial charge in [-0.25, -0.2) is 9.37 Å². The molecule has 1 aromatic heterocycles. The lowest BCUT2D eigenvalue weighted by Crippen LogP contribution is -1.97. The van der Waals surface area contributed by atoms with Crippen LogP contribution in [0.4, 0.5) is 8.78 Å². The molecule has 0 spiro atoms. The average molecular weight is 293 g/mol. The Hall–Kier alpha value is -0.810. The van der Waals surface area contributed by atoms with Crippen LogP contribution in [0.3, 0.4) is 0 Å². The van der Waals surface area contributed by atoms with Gasteiger partial charge in [0, 0.05) is 5.39 Å². The minimum Gasteiger partial charge on any atom is -0.207 e. The predicted molar refractivity (Wildman–Crippen MR) is 56.9 cm³/mol. The number of aromatic nitrogens is 2. The molecular weight excluding hydrogens is 289 g/mol. The number of halogens is 4. The predicted octanol–water partition coefficient (Wildman–Crippen LogP) is 3.63. The summed E-state index contributed by atoms with van der Waals surface area (Å²) in [6, 6.07) is 1.50. The van der Waals surface area contributed by atoms with Crippen molar-refractivity contribution in [3.63, 3.8) is 0 Å². The smallest absolute Gasteiger partial charge is 0.207 e. The van der Waals surface area contributed by atoms with Crippen LogP contribution in [0, 0.1) is 18.8 Å². The molecule has 0 aliphatic carbocycles. The Kier molecular flexibility index (Phi) is 2.60. The molecule has 0 bridgehead atoms. The molecule has 1 aromatic carbocycles. The Labute approximate surface area is 97.4 Å². The van der Waals surface area contributed by atoms with Crippen LogP contribution in [0.25, 0.3) is 10.9 Å². The molecule has 0 amide bonds. The standard InChI is InChI=1S/C9H4BrClF2N2/c1-3-4-2-5(11)6(10)7(12)8(4)15-9(13)14-3/h2H,1H3. The van der Waals surface area contributed by atoms with Crippen LogP contribution in [0.1, 0.15) is 5.69 Å². The fraction of sp³-hybridized carbons (Fsp3) is 0.111. The van der Waals surface area contributed by atoms with E-state index >= 15 is 0 Å². The van der Waals surface area contributed by atoms with Gasteiger partial charge in [-0.3, -0.25) is 0 Å². The van der Waals surface area contributed by atoms with Gasteiger partial charge in [0.25, 0.3) is 0 Å². The monoisotopic (exact) mass is 292 g/mol. The second-order valence-electron chi connectivity index (χ2n) is 2.96. The van der Waals surface area contributed by atoms with Crippen LogP contribution in [0.2, 0.25) is 5.02 Å². The number of fused-ring (bicyclic) bond motifs is 1. The summed E-state index contributed by atoms with van der Waals surface area (Å²) in [6.07, 6.45) is -0.951. The number of benzene rings is 1. The number of aryl methyl sites for hydroxylation is 1. The van der Waals surface area contributed by atoms with Crippen LogP contribution in [0.15, 0.2) is 10.5 Å². The van der Waals surface area contributed by atoms with Gasteiger partial charge in [-0.2, -0.15) is 9.37 Å². The molecule has 0 atom stereocenters. The van der Waals surface area contributed by atoms with E-state index in [9.17, 15) is 8.78 Å². The second-order valence-corrected chi connectivity index (χ2v) is 4.16. The first-order chi connectivity index (χ1) is 7.00. The van der Waals surface area contributed by atoms with Gasteiger partial charge < -0.3 is 0 Å². The molecule has 0 saturated carbocycles. The molecule has 0 aliphatic rings. The minimum absolute atomic E-state index is 0.0729. The minimum atomic E-state index is -0.951. The van der Waals surface area contributed by atoms with Crippen molar-refractivity contribution in [3.05, 3.63) is 33.2 Å². The van der Waals surface area contributed by atoms with Gasteiger partial charge in [-0.1, -0.05) is 11.6 Å². The molecule has 0 saturated heterocycles. The van der Waals surface area contributed by atoms with Crippen molar-refractivity contribution in [2.45, 2.75) is 6.92 Å². The third-order valence-electron chi connectivity index (χ3n) is 1.99. The summed E-state index contributed by atoms with van der Waals surface area (Å²) in [4.78, 5) is 6.89. The summed E-state index contributed by atoms with van der Waals surface area (Å²) in [5.74, 6) is -0.679. The lowest BCUT2D eigenvalue weighted by Gasteiger charge is -2.05. The highest BCUT2D eigenvalue weighted by Crippen LogP contribution is 2.31. The summed E-state index contributed by atoms with van der Waals surface area (Å²) in [5.41, 5.74) is 0.280. The number of rotatable bonds is 0. The van der Waals surface area contributed by atoms with Gasteiger partial charge in [-0.15, -0.1) is 0 Å². The van der Waals surface area contributed by atoms with Gasteiger partial charge in [0.1, 0.15) is 5.52 Å². The van der Waals surface area contributed by atoms with E-state index in [1.165, 1.54) is 6.07 Å². The molecule has 0 fully saturated rings. The zero-order chi connectivity index (χ0) is 11.2. The highest BCUT2D eigenvalue weighted by Gasteiger charge is 2.14. The first kappa shape index (κ1) is 10.7. The Balaban J connectivity index is 2.98. The molecule has 2 nitrogen and oxygen atoms in total. The maximum atomic E-state index is 13.6. The summed E-state index contributed by atoms with van der Waals surface area (Å²) < 4.78 is 26.6. The van der Waals surface area contributed by atoms with Gasteiger partial charge >= 0.3 is 6.08 Å². The lowest BCUT2D eigenvalue weighted by atomic mass is 10.2. The van der Waals surface area contributed by atoms with Crippen LogP contribution in [-0.2, 0) is 0 Å². The Morgan fingerprint density at radius 2 is 2.00 bits per heavy atom. The van der Waals surface area contributed by atoms with Crippen LogP contribution in [0.5, 0.6) is 0 Å². The average Bonchev–Trinajstić information content (AvgIpc) is 2.17. The van der Waals surface area contributed by atoms with E-state index in [2.05, 4.69) is 25.9 Å². The van der Waals surface area contributed by atoms with E-state index in [0.717, 1.165) is 0 Å². The molecule has 2 aromatic rings. The van der Waals surface area contributed by atoms with Gasteiger partial charge in [0.2, 0.25) is 0 Å². The lowest BCUT2D eigenvalue weighted by molar-refractivity contribution is 0.536. The van der Waals surface area contributed by atoms with Crippen molar-refractivity contribution >= 4 is 38.4 Å². The fourth-order valence-corrected chi connectivity index (χ4v) is 1.78. The zero-order valence-corrected chi connectivity index (χ0v) is 9.83. The third kappa shape index (κ3) is 1.70. The largest absolute Gasteiger partial charge is 0.309 e. The zero-order valence-electron chi connectivity index (χ0n) is 7.48. The highest BCUT2D eigenvalue weighted by atomic mass is 79.9. The van der Waals surface area contributed by atoms with E-state index in [1.54, 1.807) is 6.92 Å². The summed E-state index contributed by atoms with van der Waals surface area (Å²) in [5, 5.41) is 0.611. The highest BCUT2D eigenvalue weighted by molar-refractivity contribution is 9.10. The molecule has 0 N–H and O–H groups in total. The van der Waals surface area contributed by atoms with Crippen molar-refractivity contribution in [3.8, 4) is 0 Å². The normalized spacial score (nSPS) is 11.0. The van der Waals surface area contributed by atoms with Crippen LogP contribution < -0.4 is 0 Å². The molecule has 0 radical (unpaired) electrons. The van der Waals surface area contributed by atoms with E-state index in [-0.39, 0.29) is 15.0 Å². The maximum Gasteiger partial charge on any atom is 0.309 e. The van der Waals surface area contributed by atoms with Crippen molar-refractivity contribution in [2.75, 3.05) is 0 Å². The van der Waals surface area contributed by atoms with Crippen molar-refractivity contribution in [2.24, 2.45) is 0 Å². The Bertz CT molecular complexity index is 560. The fourth-order valence-electron chi connectivity index (χ4n) is 1.29. The van der Waals surface area contributed by atoms with Gasteiger partial charge in [-0.05, 0) is 28.9 Å². The first-order valence-corrected chi connectivity index (χ1v) is 5.15. The van der Waals surface area contributed by atoms with Gasteiger partial charge in [0.05, 0.1) is 15.2 Å². The molecule has 78 valence electrons. The van der Waals surface area contributed by atoms with Crippen LogP contribution in [-0.4, -0.2) is 9.97 Å². The molecule has 0 unspecified atom stereocenters.